The van der Waals surface area contributed by atoms with Gasteiger partial charge in [0.15, 0.2) is 17.2 Å². The summed E-state index contributed by atoms with van der Waals surface area (Å²) < 4.78 is 28.2. The predicted octanol–water partition coefficient (Wildman–Crippen LogP) is 7.72. The van der Waals surface area contributed by atoms with E-state index in [0.29, 0.717) is 69.4 Å². The third-order valence-corrected chi connectivity index (χ3v) is 9.82. The van der Waals surface area contributed by atoms with E-state index in [1.54, 1.807) is 18.2 Å². The number of nitrogens with zero attached hydrogens (tertiary/aromatic N) is 3. The summed E-state index contributed by atoms with van der Waals surface area (Å²) in [6.45, 7) is 3.27. The maximum absolute atomic E-state index is 14.6. The van der Waals surface area contributed by atoms with Crippen molar-refractivity contribution in [2.75, 3.05) is 46.3 Å². The minimum absolute atomic E-state index is 0.0266. The molecule has 3 aromatic rings. The van der Waals surface area contributed by atoms with Crippen LogP contribution in [-0.4, -0.2) is 90.0 Å². The largest absolute Gasteiger partial charge is 0.490 e. The first-order chi connectivity index (χ1) is 25.6. The van der Waals surface area contributed by atoms with Gasteiger partial charge < -0.3 is 33.5 Å². The van der Waals surface area contributed by atoms with Gasteiger partial charge >= 0.3 is 6.09 Å². The van der Waals surface area contributed by atoms with Gasteiger partial charge in [0.2, 0.25) is 6.79 Å². The molecule has 3 aliphatic rings. The van der Waals surface area contributed by atoms with Crippen LogP contribution in [0.3, 0.4) is 0 Å². The molecule has 53 heavy (non-hydrogen) atoms. The zero-order valence-electron chi connectivity index (χ0n) is 29.0. The van der Waals surface area contributed by atoms with Crippen LogP contribution in [0.5, 0.6) is 23.0 Å². The second-order valence-electron chi connectivity index (χ2n) is 12.8. The van der Waals surface area contributed by atoms with Gasteiger partial charge in [0, 0.05) is 35.8 Å². The van der Waals surface area contributed by atoms with E-state index in [9.17, 15) is 9.59 Å². The summed E-state index contributed by atoms with van der Waals surface area (Å²) in [7, 11) is 0. The van der Waals surface area contributed by atoms with Gasteiger partial charge in [0.05, 0.1) is 35.2 Å². The molecule has 0 aromatic heterocycles. The van der Waals surface area contributed by atoms with Gasteiger partial charge in [-0.3, -0.25) is 20.0 Å². The molecule has 6 rings (SSSR count). The lowest BCUT2D eigenvalue weighted by atomic mass is 9.92. The first-order valence-corrected chi connectivity index (χ1v) is 18.4. The van der Waals surface area contributed by atoms with E-state index in [-0.39, 0.29) is 63.6 Å². The highest BCUT2D eigenvalue weighted by Crippen LogP contribution is 2.40. The minimum Gasteiger partial charge on any atom is -0.490 e. The van der Waals surface area contributed by atoms with E-state index in [2.05, 4.69) is 4.84 Å². The highest BCUT2D eigenvalue weighted by molar-refractivity contribution is 6.37. The number of aryl methyl sites for hydroxylation is 1. The summed E-state index contributed by atoms with van der Waals surface area (Å²) >= 11 is 19.2. The fourth-order valence-electron chi connectivity index (χ4n) is 6.11. The Morgan fingerprint density at radius 3 is 2.26 bits per heavy atom. The number of amides is 2. The highest BCUT2D eigenvalue weighted by Gasteiger charge is 2.38. The number of hydrogen-bond acceptors (Lipinski definition) is 11. The summed E-state index contributed by atoms with van der Waals surface area (Å²) in [5, 5.41) is 18.3. The van der Waals surface area contributed by atoms with Crippen LogP contribution in [0.1, 0.15) is 48.8 Å². The molecule has 16 heteroatoms. The fourth-order valence-corrected chi connectivity index (χ4v) is 7.02. The summed E-state index contributed by atoms with van der Waals surface area (Å²) in [4.78, 5) is 35.6. The zero-order valence-corrected chi connectivity index (χ0v) is 31.3. The second kappa shape index (κ2) is 17.9. The molecule has 0 radical (unpaired) electrons. The van der Waals surface area contributed by atoms with E-state index in [1.165, 1.54) is 4.90 Å². The SMILES string of the molecule is Cc1cc(Cl)c(OCCOc2ccc(C3=C(C(=O)N(Cc4cc5c(cc4Cl)OCO5)C4CC4)CN(C(=O)OCCCCON(O)O)CC3)cc2)c(Cl)c1. The van der Waals surface area contributed by atoms with Crippen LogP contribution in [0.4, 0.5) is 4.79 Å². The molecule has 13 nitrogen and oxygen atoms in total. The van der Waals surface area contributed by atoms with E-state index in [1.807, 2.05) is 42.2 Å². The monoisotopic (exact) mass is 791 g/mol. The number of ether oxygens (including phenoxy) is 5. The van der Waals surface area contributed by atoms with Crippen molar-refractivity contribution in [3.8, 4) is 23.0 Å². The van der Waals surface area contributed by atoms with Crippen LogP contribution in [0.2, 0.25) is 15.1 Å². The average molecular weight is 793 g/mol. The van der Waals surface area contributed by atoms with Crippen LogP contribution in [0.15, 0.2) is 54.1 Å². The van der Waals surface area contributed by atoms with Crippen molar-refractivity contribution >= 4 is 52.4 Å². The topological polar surface area (TPSA) is 140 Å². The molecule has 1 fully saturated rings. The van der Waals surface area contributed by atoms with Crippen LogP contribution < -0.4 is 18.9 Å². The first-order valence-electron chi connectivity index (χ1n) is 17.2. The summed E-state index contributed by atoms with van der Waals surface area (Å²) in [6.07, 6.45) is 2.46. The van der Waals surface area contributed by atoms with Crippen molar-refractivity contribution in [1.82, 2.24) is 15.2 Å². The van der Waals surface area contributed by atoms with Crippen LogP contribution in [0, 0.1) is 6.92 Å². The first kappa shape index (κ1) is 38.8. The number of halogens is 3. The summed E-state index contributed by atoms with van der Waals surface area (Å²) in [6, 6.07) is 14.6. The van der Waals surface area contributed by atoms with E-state index < -0.39 is 6.09 Å². The maximum atomic E-state index is 14.6. The van der Waals surface area contributed by atoms with Crippen molar-refractivity contribution in [3.63, 3.8) is 0 Å². The van der Waals surface area contributed by atoms with Gasteiger partial charge in [-0.15, -0.1) is 0 Å². The van der Waals surface area contributed by atoms with Crippen molar-refractivity contribution in [2.45, 2.75) is 51.6 Å². The fraction of sp³-hybridized carbons (Fsp3) is 0.405. The molecule has 284 valence electrons. The molecular formula is C37H40Cl3N3O10. The van der Waals surface area contributed by atoms with Gasteiger partial charge in [-0.1, -0.05) is 46.9 Å². The summed E-state index contributed by atoms with van der Waals surface area (Å²) in [5.41, 5.74) is 3.82. The molecular weight excluding hydrogens is 753 g/mol. The number of carbonyl (C=O) groups excluding carboxylic acids is 2. The number of benzene rings is 3. The molecule has 1 aliphatic carbocycles. The van der Waals surface area contributed by atoms with Gasteiger partial charge in [-0.25, -0.2) is 4.79 Å². The van der Waals surface area contributed by atoms with Crippen LogP contribution in [-0.2, 0) is 20.9 Å². The lowest BCUT2D eigenvalue weighted by Gasteiger charge is -2.33. The van der Waals surface area contributed by atoms with Gasteiger partial charge in [-0.2, -0.15) is 0 Å². The quantitative estimate of drug-likeness (QED) is 0.109. The summed E-state index contributed by atoms with van der Waals surface area (Å²) in [5.74, 6) is 1.97. The smallest absolute Gasteiger partial charge is 0.410 e. The van der Waals surface area contributed by atoms with Gasteiger partial charge in [0.25, 0.3) is 5.91 Å². The van der Waals surface area contributed by atoms with E-state index >= 15 is 0 Å². The van der Waals surface area contributed by atoms with E-state index in [0.717, 1.165) is 35.1 Å². The van der Waals surface area contributed by atoms with Crippen molar-refractivity contribution in [3.05, 3.63) is 85.9 Å². The molecule has 0 unspecified atom stereocenters. The minimum atomic E-state index is -0.544. The van der Waals surface area contributed by atoms with Crippen molar-refractivity contribution < 1.29 is 48.5 Å². The molecule has 2 heterocycles. The highest BCUT2D eigenvalue weighted by atomic mass is 35.5. The Kier molecular flexibility index (Phi) is 13.1. The Balaban J connectivity index is 1.17. The number of carbonyl (C=O) groups is 2. The third-order valence-electron chi connectivity index (χ3n) is 8.91. The number of hydrogen-bond donors (Lipinski definition) is 2. The lowest BCUT2D eigenvalue weighted by molar-refractivity contribution is -0.492. The maximum Gasteiger partial charge on any atom is 0.410 e. The van der Waals surface area contributed by atoms with Gasteiger partial charge in [-0.05, 0) is 91.6 Å². The third kappa shape index (κ3) is 10.2. The Morgan fingerprint density at radius 2 is 1.57 bits per heavy atom. The van der Waals surface area contributed by atoms with Crippen LogP contribution >= 0.6 is 34.8 Å². The number of fused-ring (bicyclic) bond motifs is 1. The molecule has 0 bridgehead atoms. The molecule has 1 saturated carbocycles. The Bertz CT molecular complexity index is 1800. The Labute approximate surface area is 321 Å². The van der Waals surface area contributed by atoms with Crippen molar-refractivity contribution in [1.29, 1.82) is 0 Å². The number of unbranched alkanes of at least 4 members (excludes halogenated alkanes) is 1. The Hall–Kier alpha value is -3.95. The standard InChI is InChI=1S/C37H40Cl3N3O10/c1-23-16-31(39)35(32(40)17-23)49-15-14-48-27-8-4-24(5-9-27)28-10-11-41(37(45)50-12-2-3-13-53-43(46)47)21-29(28)36(44)42(26-6-7-26)20-25-18-33-34(19-30(25)38)52-22-51-33/h4-5,8-9,16-19,26,46-47H,2-3,6-7,10-15,20-22H2,1H3. The lowest BCUT2D eigenvalue weighted by Crippen LogP contribution is -2.43. The van der Waals surface area contributed by atoms with Crippen molar-refractivity contribution in [2.24, 2.45) is 0 Å². The molecule has 0 atom stereocenters. The Morgan fingerprint density at radius 1 is 0.887 bits per heavy atom. The van der Waals surface area contributed by atoms with Gasteiger partial charge in [0.1, 0.15) is 19.0 Å². The average Bonchev–Trinajstić information content (AvgIpc) is 3.88. The normalized spacial score (nSPS) is 15.2. The molecule has 0 saturated heterocycles. The number of rotatable bonds is 16. The predicted molar refractivity (Wildman–Crippen MR) is 195 cm³/mol. The molecule has 2 amide bonds. The van der Waals surface area contributed by atoms with E-state index in [4.69, 9.17) is 68.9 Å². The molecule has 2 aliphatic heterocycles. The van der Waals surface area contributed by atoms with Crippen LogP contribution in [0.25, 0.3) is 5.57 Å². The second-order valence-corrected chi connectivity index (χ2v) is 14.0. The molecule has 0 spiro atoms. The molecule has 3 aromatic carbocycles. The molecule has 2 N–H and O–H groups in total. The zero-order chi connectivity index (χ0) is 37.5.